The molecular weight excluding hydrogens is 345 g/mol. The molecule has 0 radical (unpaired) electrons. The van der Waals surface area contributed by atoms with Crippen molar-refractivity contribution < 1.29 is 4.79 Å². The number of rotatable bonds is 4. The van der Waals surface area contributed by atoms with E-state index in [0.29, 0.717) is 6.42 Å². The van der Waals surface area contributed by atoms with Gasteiger partial charge in [0.15, 0.2) is 0 Å². The van der Waals surface area contributed by atoms with Gasteiger partial charge in [-0.1, -0.05) is 43.2 Å². The van der Waals surface area contributed by atoms with Crippen LogP contribution in [-0.4, -0.2) is 24.0 Å². The van der Waals surface area contributed by atoms with Crippen molar-refractivity contribution >= 4 is 43.1 Å². The maximum absolute atomic E-state index is 12.1. The summed E-state index contributed by atoms with van der Waals surface area (Å²) in [6.07, 6.45) is 4.80. The molecule has 22 heavy (non-hydrogen) atoms. The molecule has 0 aromatic heterocycles. The van der Waals surface area contributed by atoms with Crippen LogP contribution in [0, 0.1) is 0 Å². The van der Waals surface area contributed by atoms with Crippen LogP contribution in [0.15, 0.2) is 30.3 Å². The molecule has 0 aliphatic heterocycles. The standard InChI is InChI=1S/C15H23N3O.3ClH/c16-12-8-4-5-9-14(12)18-15(19)13(17)10-11-6-2-1-3-7-11;;;/h1-3,6-7,12-14H,4-5,8-10,16-17H2,(H,18,19);3*1H/t12-,13+,14-;;;/m0.../s1. The zero-order valence-corrected chi connectivity index (χ0v) is 14.9. The molecule has 4 nitrogen and oxygen atoms in total. The molecule has 1 amide bonds. The molecular formula is C15H26Cl3N3O. The van der Waals surface area contributed by atoms with Crippen LogP contribution in [0.25, 0.3) is 0 Å². The Hall–Kier alpha value is -0.520. The minimum Gasteiger partial charge on any atom is -0.350 e. The van der Waals surface area contributed by atoms with Crippen molar-refractivity contribution in [3.05, 3.63) is 35.9 Å². The second kappa shape index (κ2) is 12.0. The summed E-state index contributed by atoms with van der Waals surface area (Å²) in [5, 5.41) is 3.00. The van der Waals surface area contributed by atoms with Crippen molar-refractivity contribution in [1.29, 1.82) is 0 Å². The Labute approximate surface area is 151 Å². The van der Waals surface area contributed by atoms with Crippen molar-refractivity contribution in [3.8, 4) is 0 Å². The number of benzene rings is 1. The van der Waals surface area contributed by atoms with Gasteiger partial charge >= 0.3 is 0 Å². The van der Waals surface area contributed by atoms with Gasteiger partial charge in [-0.2, -0.15) is 0 Å². The third-order valence-corrected chi connectivity index (χ3v) is 3.78. The average Bonchev–Trinajstić information content (AvgIpc) is 2.42. The molecule has 1 saturated carbocycles. The van der Waals surface area contributed by atoms with E-state index in [0.717, 1.165) is 31.2 Å². The Morgan fingerprint density at radius 3 is 2.32 bits per heavy atom. The second-order valence-electron chi connectivity index (χ2n) is 5.36. The summed E-state index contributed by atoms with van der Waals surface area (Å²) in [7, 11) is 0. The van der Waals surface area contributed by atoms with E-state index in [2.05, 4.69) is 5.32 Å². The lowest BCUT2D eigenvalue weighted by Gasteiger charge is -2.30. The summed E-state index contributed by atoms with van der Waals surface area (Å²) >= 11 is 0. The monoisotopic (exact) mass is 369 g/mol. The topological polar surface area (TPSA) is 81.1 Å². The van der Waals surface area contributed by atoms with Gasteiger partial charge in [-0.05, 0) is 24.8 Å². The van der Waals surface area contributed by atoms with E-state index in [4.69, 9.17) is 11.5 Å². The van der Waals surface area contributed by atoms with E-state index >= 15 is 0 Å². The van der Waals surface area contributed by atoms with Crippen LogP contribution in [0.3, 0.4) is 0 Å². The zero-order chi connectivity index (χ0) is 13.7. The van der Waals surface area contributed by atoms with Crippen LogP contribution in [0.4, 0.5) is 0 Å². The Morgan fingerprint density at radius 1 is 1.14 bits per heavy atom. The molecule has 1 aliphatic carbocycles. The number of nitrogens with one attached hydrogen (secondary N) is 1. The summed E-state index contributed by atoms with van der Waals surface area (Å²) in [6.45, 7) is 0. The molecule has 1 fully saturated rings. The first kappa shape index (κ1) is 23.7. The number of halogens is 3. The maximum Gasteiger partial charge on any atom is 0.237 e. The number of hydrogen-bond donors (Lipinski definition) is 3. The van der Waals surface area contributed by atoms with E-state index in [9.17, 15) is 4.79 Å². The molecule has 1 aromatic carbocycles. The van der Waals surface area contributed by atoms with Crippen molar-refractivity contribution in [3.63, 3.8) is 0 Å². The van der Waals surface area contributed by atoms with Gasteiger partial charge in [0.1, 0.15) is 0 Å². The summed E-state index contributed by atoms with van der Waals surface area (Å²) in [6, 6.07) is 9.49. The molecule has 3 atom stereocenters. The molecule has 0 heterocycles. The fourth-order valence-electron chi connectivity index (χ4n) is 2.59. The van der Waals surface area contributed by atoms with Gasteiger partial charge in [-0.25, -0.2) is 0 Å². The number of carbonyl (C=O) groups is 1. The van der Waals surface area contributed by atoms with Crippen molar-refractivity contribution in [2.75, 3.05) is 0 Å². The number of nitrogens with two attached hydrogens (primary N) is 2. The number of carbonyl (C=O) groups excluding carboxylic acids is 1. The highest BCUT2D eigenvalue weighted by Crippen LogP contribution is 2.17. The third-order valence-electron chi connectivity index (χ3n) is 3.78. The lowest BCUT2D eigenvalue weighted by molar-refractivity contribution is -0.123. The molecule has 2 rings (SSSR count). The minimum atomic E-state index is -0.503. The molecule has 7 heteroatoms. The normalized spacial score (nSPS) is 21.4. The molecule has 1 aliphatic rings. The second-order valence-corrected chi connectivity index (χ2v) is 5.36. The number of hydrogen-bond acceptors (Lipinski definition) is 3. The van der Waals surface area contributed by atoms with E-state index < -0.39 is 6.04 Å². The first-order chi connectivity index (χ1) is 9.16. The lowest BCUT2D eigenvalue weighted by Crippen LogP contribution is -2.53. The van der Waals surface area contributed by atoms with Gasteiger partial charge in [0, 0.05) is 12.1 Å². The SMILES string of the molecule is Cl.Cl.Cl.N[C@H](Cc1ccccc1)C(=O)N[C@H]1CCCC[C@@H]1N. The summed E-state index contributed by atoms with van der Waals surface area (Å²) < 4.78 is 0. The zero-order valence-electron chi connectivity index (χ0n) is 12.4. The van der Waals surface area contributed by atoms with Crippen LogP contribution >= 0.6 is 37.2 Å². The fourth-order valence-corrected chi connectivity index (χ4v) is 2.59. The van der Waals surface area contributed by atoms with Crippen LogP contribution in [0.5, 0.6) is 0 Å². The van der Waals surface area contributed by atoms with Crippen molar-refractivity contribution in [2.24, 2.45) is 11.5 Å². The fraction of sp³-hybridized carbons (Fsp3) is 0.533. The Balaban J connectivity index is 0. The highest BCUT2D eigenvalue weighted by molar-refractivity contribution is 5.86. The molecule has 0 bridgehead atoms. The van der Waals surface area contributed by atoms with Gasteiger partial charge < -0.3 is 16.8 Å². The predicted octanol–water partition coefficient (Wildman–Crippen LogP) is 2.21. The molecule has 5 N–H and O–H groups in total. The minimum absolute atomic E-state index is 0. The van der Waals surface area contributed by atoms with Crippen molar-refractivity contribution in [2.45, 2.75) is 50.2 Å². The first-order valence-electron chi connectivity index (χ1n) is 7.02. The maximum atomic E-state index is 12.1. The van der Waals surface area contributed by atoms with Gasteiger partial charge in [0.25, 0.3) is 0 Å². The lowest BCUT2D eigenvalue weighted by atomic mass is 9.90. The molecule has 128 valence electrons. The third kappa shape index (κ3) is 7.16. The largest absolute Gasteiger partial charge is 0.350 e. The predicted molar refractivity (Wildman–Crippen MR) is 98.2 cm³/mol. The highest BCUT2D eigenvalue weighted by atomic mass is 35.5. The Kier molecular flexibility index (Phi) is 12.9. The molecule has 0 unspecified atom stereocenters. The van der Waals surface area contributed by atoms with Gasteiger partial charge in [0.2, 0.25) is 5.91 Å². The van der Waals surface area contributed by atoms with E-state index in [1.807, 2.05) is 30.3 Å². The Bertz CT molecular complexity index is 420. The smallest absolute Gasteiger partial charge is 0.237 e. The summed E-state index contributed by atoms with van der Waals surface area (Å²) in [5.41, 5.74) is 13.1. The number of amides is 1. The van der Waals surface area contributed by atoms with Crippen molar-refractivity contribution in [1.82, 2.24) is 5.32 Å². The first-order valence-corrected chi connectivity index (χ1v) is 7.02. The van der Waals surface area contributed by atoms with Crippen LogP contribution in [-0.2, 0) is 11.2 Å². The molecule has 1 aromatic rings. The van der Waals surface area contributed by atoms with E-state index in [1.165, 1.54) is 0 Å². The van der Waals surface area contributed by atoms with Crippen LogP contribution in [0.1, 0.15) is 31.2 Å². The Morgan fingerprint density at radius 2 is 1.73 bits per heavy atom. The van der Waals surface area contributed by atoms with E-state index in [-0.39, 0.29) is 55.2 Å². The summed E-state index contributed by atoms with van der Waals surface area (Å²) in [4.78, 5) is 12.1. The van der Waals surface area contributed by atoms with Crippen LogP contribution < -0.4 is 16.8 Å². The quantitative estimate of drug-likeness (QED) is 0.760. The average molecular weight is 371 g/mol. The molecule has 0 saturated heterocycles. The van der Waals surface area contributed by atoms with Gasteiger partial charge in [0.05, 0.1) is 6.04 Å². The summed E-state index contributed by atoms with van der Waals surface area (Å²) in [5.74, 6) is -0.0915. The van der Waals surface area contributed by atoms with Gasteiger partial charge in [-0.15, -0.1) is 37.2 Å². The highest BCUT2D eigenvalue weighted by Gasteiger charge is 2.25. The molecule has 0 spiro atoms. The van der Waals surface area contributed by atoms with Crippen LogP contribution in [0.2, 0.25) is 0 Å². The van der Waals surface area contributed by atoms with Gasteiger partial charge in [-0.3, -0.25) is 4.79 Å². The van der Waals surface area contributed by atoms with E-state index in [1.54, 1.807) is 0 Å².